The second-order valence-electron chi connectivity index (χ2n) is 8.44. The van der Waals surface area contributed by atoms with Crippen molar-refractivity contribution in [2.75, 3.05) is 30.8 Å². The number of nitrogens with one attached hydrogen (secondary N) is 2. The highest BCUT2D eigenvalue weighted by Gasteiger charge is 2.30. The van der Waals surface area contributed by atoms with Crippen molar-refractivity contribution in [3.63, 3.8) is 0 Å². The molecule has 10 heteroatoms. The molecule has 0 radical (unpaired) electrons. The van der Waals surface area contributed by atoms with E-state index in [1.807, 2.05) is 12.1 Å². The van der Waals surface area contributed by atoms with Gasteiger partial charge in [0.1, 0.15) is 17.3 Å². The van der Waals surface area contributed by atoms with Gasteiger partial charge in [-0.15, -0.1) is 0 Å². The normalized spacial score (nSPS) is 14.7. The number of carbonyl (C=O) groups excluding carboxylic acids is 1. The van der Waals surface area contributed by atoms with Crippen LogP contribution in [0.5, 0.6) is 11.5 Å². The van der Waals surface area contributed by atoms with E-state index in [2.05, 4.69) is 39.3 Å². The molecule has 2 N–H and O–H groups in total. The van der Waals surface area contributed by atoms with Crippen LogP contribution in [0.15, 0.2) is 42.6 Å². The van der Waals surface area contributed by atoms with Gasteiger partial charge in [0.05, 0.1) is 19.0 Å². The van der Waals surface area contributed by atoms with E-state index in [0.29, 0.717) is 18.0 Å². The molecule has 0 fully saturated rings. The number of rotatable bonds is 10. The van der Waals surface area contributed by atoms with Crippen LogP contribution in [0, 0.1) is 11.6 Å². The van der Waals surface area contributed by atoms with E-state index >= 15 is 0 Å². The Morgan fingerprint density at radius 1 is 1.17 bits per heavy atom. The van der Waals surface area contributed by atoms with Crippen molar-refractivity contribution in [2.24, 2.45) is 0 Å². The van der Waals surface area contributed by atoms with Crippen molar-refractivity contribution in [3.05, 3.63) is 59.8 Å². The number of amides is 1. The number of methoxy groups -OCH3 is 1. The first-order valence-corrected chi connectivity index (χ1v) is 11.9. The molecule has 1 aliphatic heterocycles. The summed E-state index contributed by atoms with van der Waals surface area (Å²) >= 11 is 0. The van der Waals surface area contributed by atoms with Gasteiger partial charge >= 0.3 is 0 Å². The topological polar surface area (TPSA) is 88.6 Å². The van der Waals surface area contributed by atoms with E-state index in [1.165, 1.54) is 19.2 Å². The number of anilines is 2. The van der Waals surface area contributed by atoms with Gasteiger partial charge in [-0.2, -0.15) is 0 Å². The molecule has 0 spiro atoms. The Morgan fingerprint density at radius 2 is 1.94 bits per heavy atom. The average molecular weight is 498 g/mol. The lowest BCUT2D eigenvalue weighted by atomic mass is 10.1. The largest absolute Gasteiger partial charge is 0.496 e. The second-order valence-corrected chi connectivity index (χ2v) is 8.44. The van der Waals surface area contributed by atoms with Crippen LogP contribution in [-0.2, 0) is 11.3 Å². The smallest absolute Gasteiger partial charge is 0.287 e. The molecule has 4 rings (SSSR count). The zero-order valence-corrected chi connectivity index (χ0v) is 20.5. The molecule has 36 heavy (non-hydrogen) atoms. The summed E-state index contributed by atoms with van der Waals surface area (Å²) in [5.41, 5.74) is 1.67. The lowest BCUT2D eigenvalue weighted by Crippen LogP contribution is -2.43. The SMILES string of the molecule is CCCN(CCC)Cc1cccc2c1OC(Nc1ncc(F)c(-c3ccc(F)cc3OC)n1)C(=O)N2. The number of hydrogen-bond donors (Lipinski definition) is 2. The minimum atomic E-state index is -1.14. The van der Waals surface area contributed by atoms with E-state index < -0.39 is 23.8 Å². The molecule has 0 aliphatic carbocycles. The van der Waals surface area contributed by atoms with Gasteiger partial charge in [0.2, 0.25) is 5.95 Å². The zero-order valence-electron chi connectivity index (χ0n) is 20.5. The van der Waals surface area contributed by atoms with Crippen molar-refractivity contribution in [1.29, 1.82) is 0 Å². The van der Waals surface area contributed by atoms with Crippen LogP contribution in [-0.4, -0.2) is 47.2 Å². The first-order valence-electron chi connectivity index (χ1n) is 11.9. The summed E-state index contributed by atoms with van der Waals surface area (Å²) in [6.07, 6.45) is 1.89. The summed E-state index contributed by atoms with van der Waals surface area (Å²) in [5.74, 6) is -1.03. The molecule has 1 aromatic heterocycles. The van der Waals surface area contributed by atoms with Crippen molar-refractivity contribution in [2.45, 2.75) is 39.5 Å². The third kappa shape index (κ3) is 5.54. The number of fused-ring (bicyclic) bond motifs is 1. The number of hydrogen-bond acceptors (Lipinski definition) is 7. The molecule has 0 saturated heterocycles. The van der Waals surface area contributed by atoms with Crippen molar-refractivity contribution >= 4 is 17.5 Å². The minimum absolute atomic E-state index is 0.0301. The van der Waals surface area contributed by atoms with E-state index in [-0.39, 0.29) is 23.0 Å². The molecule has 1 atom stereocenters. The van der Waals surface area contributed by atoms with E-state index in [4.69, 9.17) is 9.47 Å². The number of halogens is 2. The fourth-order valence-electron chi connectivity index (χ4n) is 4.16. The molecular formula is C26H29F2N5O3. The van der Waals surface area contributed by atoms with Gasteiger partial charge in [-0.1, -0.05) is 26.0 Å². The number of aromatic nitrogens is 2. The van der Waals surface area contributed by atoms with E-state index in [0.717, 1.165) is 43.8 Å². The molecule has 1 unspecified atom stereocenters. The molecule has 190 valence electrons. The van der Waals surface area contributed by atoms with Crippen molar-refractivity contribution in [1.82, 2.24) is 14.9 Å². The maximum atomic E-state index is 14.6. The molecular weight excluding hydrogens is 468 g/mol. The first kappa shape index (κ1) is 25.3. The van der Waals surface area contributed by atoms with Gasteiger partial charge in [0.15, 0.2) is 11.6 Å². The predicted molar refractivity (Wildman–Crippen MR) is 133 cm³/mol. The number of ether oxygens (including phenoxy) is 2. The summed E-state index contributed by atoms with van der Waals surface area (Å²) < 4.78 is 39.5. The van der Waals surface area contributed by atoms with Crippen LogP contribution in [0.4, 0.5) is 20.4 Å². The summed E-state index contributed by atoms with van der Waals surface area (Å²) in [7, 11) is 1.36. The van der Waals surface area contributed by atoms with Crippen LogP contribution in [0.1, 0.15) is 32.3 Å². The Morgan fingerprint density at radius 3 is 2.67 bits per heavy atom. The van der Waals surface area contributed by atoms with E-state index in [9.17, 15) is 13.6 Å². The Labute approximate surface area is 208 Å². The molecule has 2 aromatic carbocycles. The fraction of sp³-hybridized carbons (Fsp3) is 0.346. The molecule has 2 heterocycles. The van der Waals surface area contributed by atoms with Gasteiger partial charge in [-0.25, -0.2) is 18.7 Å². The van der Waals surface area contributed by atoms with Crippen LogP contribution < -0.4 is 20.1 Å². The molecule has 3 aromatic rings. The van der Waals surface area contributed by atoms with Crippen molar-refractivity contribution < 1.29 is 23.0 Å². The lowest BCUT2D eigenvalue weighted by Gasteiger charge is -2.29. The van der Waals surface area contributed by atoms with Gasteiger partial charge in [-0.3, -0.25) is 9.69 Å². The van der Waals surface area contributed by atoms with Crippen LogP contribution >= 0.6 is 0 Å². The zero-order chi connectivity index (χ0) is 25.7. The maximum absolute atomic E-state index is 14.6. The highest BCUT2D eigenvalue weighted by molar-refractivity contribution is 5.99. The van der Waals surface area contributed by atoms with Gasteiger partial charge in [0, 0.05) is 23.7 Å². The quantitative estimate of drug-likeness (QED) is 0.415. The number of nitrogens with zero attached hydrogens (tertiary/aromatic N) is 3. The summed E-state index contributed by atoms with van der Waals surface area (Å²) in [6.45, 7) is 6.85. The fourth-order valence-corrected chi connectivity index (χ4v) is 4.16. The number of carbonyl (C=O) groups is 1. The Kier molecular flexibility index (Phi) is 7.94. The second kappa shape index (κ2) is 11.3. The maximum Gasteiger partial charge on any atom is 0.287 e. The Balaban J connectivity index is 1.59. The minimum Gasteiger partial charge on any atom is -0.496 e. The Hall–Kier alpha value is -3.79. The van der Waals surface area contributed by atoms with Gasteiger partial charge in [-0.05, 0) is 44.1 Å². The van der Waals surface area contributed by atoms with Gasteiger partial charge < -0.3 is 20.1 Å². The van der Waals surface area contributed by atoms with Crippen LogP contribution in [0.2, 0.25) is 0 Å². The predicted octanol–water partition coefficient (Wildman–Crippen LogP) is 4.82. The molecule has 0 saturated carbocycles. The lowest BCUT2D eigenvalue weighted by molar-refractivity contribution is -0.122. The number of para-hydroxylation sites is 1. The van der Waals surface area contributed by atoms with Crippen molar-refractivity contribution in [3.8, 4) is 22.8 Å². The Bertz CT molecular complexity index is 1230. The molecule has 1 amide bonds. The van der Waals surface area contributed by atoms with E-state index in [1.54, 1.807) is 6.07 Å². The highest BCUT2D eigenvalue weighted by Crippen LogP contribution is 2.35. The summed E-state index contributed by atoms with van der Waals surface area (Å²) in [5, 5.41) is 5.69. The summed E-state index contributed by atoms with van der Waals surface area (Å²) in [4.78, 5) is 23.3. The third-order valence-corrected chi connectivity index (χ3v) is 5.72. The monoisotopic (exact) mass is 497 g/mol. The van der Waals surface area contributed by atoms with Crippen LogP contribution in [0.25, 0.3) is 11.3 Å². The molecule has 0 bridgehead atoms. The summed E-state index contributed by atoms with van der Waals surface area (Å²) in [6, 6.07) is 9.33. The average Bonchev–Trinajstić information content (AvgIpc) is 2.86. The number of benzene rings is 2. The first-order chi connectivity index (χ1) is 17.4. The third-order valence-electron chi connectivity index (χ3n) is 5.72. The standard InChI is InChI=1S/C26H29F2N5O3/c1-4-11-33(12-5-2)15-16-7-6-8-20-23(16)36-25(24(34)30-20)32-26-29-14-19(28)22(31-26)18-10-9-17(27)13-21(18)35-3/h6-10,13-14,25H,4-5,11-12,15H2,1-3H3,(H,30,34)(H,29,31,32). The molecule has 8 nitrogen and oxygen atoms in total. The van der Waals surface area contributed by atoms with Gasteiger partial charge in [0.25, 0.3) is 12.1 Å². The highest BCUT2D eigenvalue weighted by atomic mass is 19.1. The molecule has 1 aliphatic rings. The van der Waals surface area contributed by atoms with Crippen LogP contribution in [0.3, 0.4) is 0 Å².